The smallest absolute Gasteiger partial charge is 0.134 e. The van der Waals surface area contributed by atoms with E-state index in [1.54, 1.807) is 0 Å². The van der Waals surface area contributed by atoms with Crippen LogP contribution in [0.15, 0.2) is 41.0 Å². The van der Waals surface area contributed by atoms with Gasteiger partial charge in [-0.1, -0.05) is 37.1 Å². The van der Waals surface area contributed by atoms with Gasteiger partial charge >= 0.3 is 0 Å². The van der Waals surface area contributed by atoms with Crippen LogP contribution in [0.3, 0.4) is 0 Å². The van der Waals surface area contributed by atoms with Crippen LogP contribution in [0.1, 0.15) is 30.9 Å². The molecular formula is C20H25NO. The van der Waals surface area contributed by atoms with Gasteiger partial charge in [-0.2, -0.15) is 0 Å². The van der Waals surface area contributed by atoms with Crippen molar-refractivity contribution >= 4 is 11.0 Å². The van der Waals surface area contributed by atoms with Crippen molar-refractivity contribution in [3.63, 3.8) is 0 Å². The van der Waals surface area contributed by atoms with E-state index in [4.69, 9.17) is 4.42 Å². The highest BCUT2D eigenvalue weighted by Gasteiger charge is 2.35. The highest BCUT2D eigenvalue weighted by Crippen LogP contribution is 2.36. The molecule has 2 nitrogen and oxygen atoms in total. The molecule has 3 heterocycles. The second-order valence-corrected chi connectivity index (χ2v) is 7.05. The first kappa shape index (κ1) is 14.1. The molecule has 0 amide bonds. The number of benzene rings is 1. The molecule has 0 N–H and O–H groups in total. The third kappa shape index (κ3) is 2.40. The Morgan fingerprint density at radius 1 is 1.27 bits per heavy atom. The van der Waals surface area contributed by atoms with Gasteiger partial charge in [-0.05, 0) is 49.3 Å². The van der Waals surface area contributed by atoms with E-state index in [9.17, 15) is 0 Å². The third-order valence-corrected chi connectivity index (χ3v) is 5.56. The molecule has 3 unspecified atom stereocenters. The van der Waals surface area contributed by atoms with E-state index in [0.29, 0.717) is 6.04 Å². The lowest BCUT2D eigenvalue weighted by molar-refractivity contribution is 0.0826. The van der Waals surface area contributed by atoms with E-state index < -0.39 is 0 Å². The van der Waals surface area contributed by atoms with Crippen LogP contribution < -0.4 is 0 Å². The molecule has 1 aliphatic carbocycles. The number of rotatable bonds is 4. The van der Waals surface area contributed by atoms with Crippen molar-refractivity contribution in [3.8, 4) is 0 Å². The van der Waals surface area contributed by atoms with E-state index in [1.807, 2.05) is 6.26 Å². The molecular weight excluding hydrogens is 270 g/mol. The summed E-state index contributed by atoms with van der Waals surface area (Å²) in [5.74, 6) is 1.63. The highest BCUT2D eigenvalue weighted by atomic mass is 16.3. The average Bonchev–Trinajstić information content (AvgIpc) is 2.95. The van der Waals surface area contributed by atoms with Gasteiger partial charge in [0.25, 0.3) is 0 Å². The maximum absolute atomic E-state index is 5.72. The summed E-state index contributed by atoms with van der Waals surface area (Å²) in [6.07, 6.45) is 10.6. The predicted molar refractivity (Wildman–Crippen MR) is 91.0 cm³/mol. The van der Waals surface area contributed by atoms with E-state index in [-0.39, 0.29) is 0 Å². The fourth-order valence-electron chi connectivity index (χ4n) is 4.31. The first-order chi connectivity index (χ1) is 10.7. The Morgan fingerprint density at radius 2 is 2.18 bits per heavy atom. The lowest BCUT2D eigenvalue weighted by atomic mass is 9.76. The molecule has 116 valence electrons. The Kier molecular flexibility index (Phi) is 3.57. The molecule has 5 rings (SSSR count). The first-order valence-electron chi connectivity index (χ1n) is 8.63. The van der Waals surface area contributed by atoms with Crippen LogP contribution in [0, 0.1) is 18.8 Å². The Hall–Kier alpha value is -1.54. The number of aryl methyl sites for hydroxylation is 1. The molecule has 2 bridgehead atoms. The van der Waals surface area contributed by atoms with Crippen LogP contribution in [0.25, 0.3) is 11.0 Å². The Balaban J connectivity index is 1.50. The highest BCUT2D eigenvalue weighted by molar-refractivity contribution is 5.81. The van der Waals surface area contributed by atoms with Gasteiger partial charge in [0.15, 0.2) is 0 Å². The molecule has 3 aliphatic rings. The van der Waals surface area contributed by atoms with Gasteiger partial charge in [-0.25, -0.2) is 0 Å². The predicted octanol–water partition coefficient (Wildman–Crippen LogP) is 4.57. The molecule has 1 saturated heterocycles. The van der Waals surface area contributed by atoms with Crippen LogP contribution in [-0.2, 0) is 6.42 Å². The number of nitrogens with zero attached hydrogens (tertiary/aromatic N) is 1. The molecule has 1 aromatic heterocycles. The second-order valence-electron chi connectivity index (χ2n) is 7.05. The molecule has 0 radical (unpaired) electrons. The zero-order valence-electron chi connectivity index (χ0n) is 13.6. The van der Waals surface area contributed by atoms with E-state index >= 15 is 0 Å². The van der Waals surface area contributed by atoms with Gasteiger partial charge in [0.05, 0.1) is 6.26 Å². The van der Waals surface area contributed by atoms with E-state index in [2.05, 4.69) is 49.1 Å². The van der Waals surface area contributed by atoms with Crippen molar-refractivity contribution in [3.05, 3.63) is 47.7 Å². The molecule has 1 fully saturated rings. The van der Waals surface area contributed by atoms with Gasteiger partial charge in [0.1, 0.15) is 5.58 Å². The summed E-state index contributed by atoms with van der Waals surface area (Å²) in [7, 11) is 0. The summed E-state index contributed by atoms with van der Waals surface area (Å²) >= 11 is 0. The van der Waals surface area contributed by atoms with Crippen LogP contribution >= 0.6 is 0 Å². The molecule has 2 aromatic rings. The number of fused-ring (bicyclic) bond motifs is 3. The minimum atomic E-state index is 0.662. The Labute approximate surface area is 132 Å². The number of hydrogen-bond donors (Lipinski definition) is 0. The molecule has 2 aliphatic heterocycles. The minimum absolute atomic E-state index is 0.662. The SMILES string of the molecule is CCC1CC2C=CC1N(CCc1coc3ccc(C)cc13)C2. The summed E-state index contributed by atoms with van der Waals surface area (Å²) in [6, 6.07) is 7.13. The second kappa shape index (κ2) is 5.58. The topological polar surface area (TPSA) is 16.4 Å². The average molecular weight is 295 g/mol. The largest absolute Gasteiger partial charge is 0.464 e. The summed E-state index contributed by atoms with van der Waals surface area (Å²) in [5.41, 5.74) is 3.69. The number of hydrogen-bond acceptors (Lipinski definition) is 2. The summed E-state index contributed by atoms with van der Waals surface area (Å²) in [5, 5.41) is 1.30. The normalized spacial score (nSPS) is 27.8. The summed E-state index contributed by atoms with van der Waals surface area (Å²) in [4.78, 5) is 2.69. The lowest BCUT2D eigenvalue weighted by Gasteiger charge is -2.46. The van der Waals surface area contributed by atoms with Gasteiger partial charge in [-0.15, -0.1) is 0 Å². The lowest BCUT2D eigenvalue weighted by Crippen LogP contribution is -2.50. The fraction of sp³-hybridized carbons (Fsp3) is 0.500. The fourth-order valence-corrected chi connectivity index (χ4v) is 4.31. The molecule has 22 heavy (non-hydrogen) atoms. The van der Waals surface area contributed by atoms with Gasteiger partial charge in [0.2, 0.25) is 0 Å². The van der Waals surface area contributed by atoms with Crippen LogP contribution in [-0.4, -0.2) is 24.0 Å². The van der Waals surface area contributed by atoms with Gasteiger partial charge in [-0.3, -0.25) is 4.90 Å². The van der Waals surface area contributed by atoms with Crippen LogP contribution in [0.2, 0.25) is 0 Å². The zero-order chi connectivity index (χ0) is 15.1. The van der Waals surface area contributed by atoms with Crippen LogP contribution in [0.4, 0.5) is 0 Å². The standard InChI is InChI=1S/C20H25NO/c1-3-16-11-15-5-6-19(16)21(12-15)9-8-17-13-22-20-7-4-14(2)10-18(17)20/h4-7,10,13,15-16,19H,3,8-9,11-12H2,1-2H3. The van der Waals surface area contributed by atoms with Crippen LogP contribution in [0.5, 0.6) is 0 Å². The summed E-state index contributed by atoms with van der Waals surface area (Å²) < 4.78 is 5.72. The monoisotopic (exact) mass is 295 g/mol. The molecule has 2 heteroatoms. The zero-order valence-corrected chi connectivity index (χ0v) is 13.6. The number of furan rings is 1. The molecule has 0 saturated carbocycles. The van der Waals surface area contributed by atoms with E-state index in [1.165, 1.54) is 35.9 Å². The van der Waals surface area contributed by atoms with Crippen molar-refractivity contribution in [1.29, 1.82) is 0 Å². The van der Waals surface area contributed by atoms with Crippen molar-refractivity contribution in [1.82, 2.24) is 4.90 Å². The van der Waals surface area contributed by atoms with Crippen molar-refractivity contribution in [2.75, 3.05) is 13.1 Å². The maximum Gasteiger partial charge on any atom is 0.134 e. The minimum Gasteiger partial charge on any atom is -0.464 e. The Bertz CT molecular complexity index is 699. The molecule has 1 aromatic carbocycles. The summed E-state index contributed by atoms with van der Waals surface area (Å²) in [6.45, 7) is 6.87. The first-order valence-corrected chi connectivity index (χ1v) is 8.63. The number of piperidine rings is 1. The molecule has 3 atom stereocenters. The van der Waals surface area contributed by atoms with Crippen molar-refractivity contribution in [2.24, 2.45) is 11.8 Å². The third-order valence-electron chi connectivity index (χ3n) is 5.56. The maximum atomic E-state index is 5.72. The van der Waals surface area contributed by atoms with Crippen molar-refractivity contribution < 1.29 is 4.42 Å². The van der Waals surface area contributed by atoms with Gasteiger partial charge < -0.3 is 4.42 Å². The van der Waals surface area contributed by atoms with Crippen molar-refractivity contribution in [2.45, 2.75) is 39.2 Å². The van der Waals surface area contributed by atoms with E-state index in [0.717, 1.165) is 30.4 Å². The van der Waals surface area contributed by atoms with Gasteiger partial charge in [0, 0.05) is 24.5 Å². The Morgan fingerprint density at radius 3 is 3.00 bits per heavy atom. The molecule has 0 spiro atoms. The quantitative estimate of drug-likeness (QED) is 0.768.